The van der Waals surface area contributed by atoms with E-state index in [0.717, 1.165) is 16.8 Å². The maximum atomic E-state index is 12.7. The van der Waals surface area contributed by atoms with E-state index < -0.39 is 22.8 Å². The standard InChI is InChI=1S/C11H6BrCl2F3N2O2S/c12-10-5(4-22(20)21)3-19(18-10)9-7(13)1-6(2-8(9)14)11(15,16)17/h1-3H,4H2,(H,20,21). The van der Waals surface area contributed by atoms with Crippen LogP contribution < -0.4 is 0 Å². The van der Waals surface area contributed by atoms with Crippen LogP contribution in [0.5, 0.6) is 0 Å². The van der Waals surface area contributed by atoms with Gasteiger partial charge in [-0.25, -0.2) is 8.89 Å². The van der Waals surface area contributed by atoms with Crippen LogP contribution in [-0.2, 0) is 23.0 Å². The van der Waals surface area contributed by atoms with Gasteiger partial charge in [-0.3, -0.25) is 0 Å². The average Bonchev–Trinajstić information content (AvgIpc) is 2.67. The molecule has 1 unspecified atom stereocenters. The summed E-state index contributed by atoms with van der Waals surface area (Å²) in [5.41, 5.74) is -0.547. The van der Waals surface area contributed by atoms with Crippen molar-refractivity contribution in [2.75, 3.05) is 0 Å². The molecule has 1 aromatic heterocycles. The van der Waals surface area contributed by atoms with Crippen LogP contribution in [0.25, 0.3) is 5.69 Å². The van der Waals surface area contributed by atoms with Crippen LogP contribution >= 0.6 is 39.1 Å². The first-order chi connectivity index (χ1) is 10.1. The summed E-state index contributed by atoms with van der Waals surface area (Å²) in [5.74, 6) is -0.198. The zero-order chi connectivity index (χ0) is 16.7. The molecule has 1 aromatic carbocycles. The molecule has 0 saturated carbocycles. The molecular weight excluding hydrogens is 432 g/mol. The van der Waals surface area contributed by atoms with E-state index in [2.05, 4.69) is 21.0 Å². The number of halogens is 6. The quantitative estimate of drug-likeness (QED) is 0.709. The topological polar surface area (TPSA) is 55.1 Å². The van der Waals surface area contributed by atoms with Crippen LogP contribution in [-0.4, -0.2) is 18.5 Å². The predicted octanol–water partition coefficient (Wildman–Crippen LogP) is 4.68. The van der Waals surface area contributed by atoms with Gasteiger partial charge in [0.2, 0.25) is 0 Å². The second kappa shape index (κ2) is 6.48. The lowest BCUT2D eigenvalue weighted by Gasteiger charge is -2.12. The number of alkyl halides is 3. The van der Waals surface area contributed by atoms with Crippen molar-refractivity contribution in [3.8, 4) is 5.69 Å². The highest BCUT2D eigenvalue weighted by molar-refractivity contribution is 9.10. The fourth-order valence-electron chi connectivity index (χ4n) is 1.68. The SMILES string of the molecule is O=S(O)Cc1cn(-c2c(Cl)cc(C(F)(F)F)cc2Cl)nc1Br. The van der Waals surface area contributed by atoms with E-state index in [0.29, 0.717) is 5.56 Å². The number of hydrogen-bond donors (Lipinski definition) is 1. The van der Waals surface area contributed by atoms with Gasteiger partial charge in [0.05, 0.1) is 21.4 Å². The Hall–Kier alpha value is -0.610. The number of aromatic nitrogens is 2. The lowest BCUT2D eigenvalue weighted by atomic mass is 10.2. The molecule has 22 heavy (non-hydrogen) atoms. The van der Waals surface area contributed by atoms with E-state index in [1.807, 2.05) is 0 Å². The van der Waals surface area contributed by atoms with Crippen molar-refractivity contribution in [3.05, 3.63) is 44.1 Å². The molecule has 1 heterocycles. The van der Waals surface area contributed by atoms with Crippen molar-refractivity contribution >= 4 is 50.2 Å². The van der Waals surface area contributed by atoms with E-state index in [9.17, 15) is 17.4 Å². The maximum absolute atomic E-state index is 12.7. The molecule has 0 radical (unpaired) electrons. The van der Waals surface area contributed by atoms with Gasteiger partial charge in [-0.15, -0.1) is 0 Å². The zero-order valence-electron chi connectivity index (χ0n) is 10.4. The van der Waals surface area contributed by atoms with Crippen LogP contribution in [0.1, 0.15) is 11.1 Å². The summed E-state index contributed by atoms with van der Waals surface area (Å²) in [6.07, 6.45) is -3.21. The molecule has 11 heteroatoms. The van der Waals surface area contributed by atoms with Crippen molar-refractivity contribution in [2.45, 2.75) is 11.9 Å². The summed E-state index contributed by atoms with van der Waals surface area (Å²) in [4.78, 5) is 0. The van der Waals surface area contributed by atoms with Crippen LogP contribution in [0.15, 0.2) is 22.9 Å². The fraction of sp³-hybridized carbons (Fsp3) is 0.182. The lowest BCUT2D eigenvalue weighted by Crippen LogP contribution is -2.07. The summed E-state index contributed by atoms with van der Waals surface area (Å²) in [7, 11) is 0. The summed E-state index contributed by atoms with van der Waals surface area (Å²) < 4.78 is 59.2. The van der Waals surface area contributed by atoms with Gasteiger partial charge in [-0.1, -0.05) is 23.2 Å². The first kappa shape index (κ1) is 17.7. The van der Waals surface area contributed by atoms with Crippen LogP contribution in [0.3, 0.4) is 0 Å². The van der Waals surface area contributed by atoms with Crippen molar-refractivity contribution in [3.63, 3.8) is 0 Å². The lowest BCUT2D eigenvalue weighted by molar-refractivity contribution is -0.137. The predicted molar refractivity (Wildman–Crippen MR) is 80.8 cm³/mol. The monoisotopic (exact) mass is 436 g/mol. The molecule has 0 aliphatic rings. The molecule has 0 amide bonds. The first-order valence-corrected chi connectivity index (χ1v) is 8.30. The smallest absolute Gasteiger partial charge is 0.306 e. The number of rotatable bonds is 3. The third kappa shape index (κ3) is 3.83. The van der Waals surface area contributed by atoms with Crippen molar-refractivity contribution in [1.29, 1.82) is 0 Å². The van der Waals surface area contributed by atoms with E-state index in [-0.39, 0.29) is 26.1 Å². The molecule has 4 nitrogen and oxygen atoms in total. The van der Waals surface area contributed by atoms with E-state index in [1.165, 1.54) is 6.20 Å². The number of hydrogen-bond acceptors (Lipinski definition) is 2. The molecule has 1 N–H and O–H groups in total. The molecule has 0 fully saturated rings. The zero-order valence-corrected chi connectivity index (χ0v) is 14.3. The van der Waals surface area contributed by atoms with Crippen LogP contribution in [0.2, 0.25) is 10.0 Å². The largest absolute Gasteiger partial charge is 0.416 e. The minimum Gasteiger partial charge on any atom is -0.306 e. The summed E-state index contributed by atoms with van der Waals surface area (Å²) in [5, 5.41) is 3.50. The van der Waals surface area contributed by atoms with E-state index >= 15 is 0 Å². The Morgan fingerprint density at radius 3 is 2.32 bits per heavy atom. The molecule has 0 spiro atoms. The molecular formula is C11H6BrCl2F3N2O2S. The summed E-state index contributed by atoms with van der Waals surface area (Å²) in [6.45, 7) is 0. The Morgan fingerprint density at radius 2 is 1.86 bits per heavy atom. The highest BCUT2D eigenvalue weighted by Crippen LogP contribution is 2.37. The Bertz CT molecular complexity index is 728. The fourth-order valence-corrected chi connectivity index (χ4v) is 3.42. The molecule has 1 atom stereocenters. The first-order valence-electron chi connectivity index (χ1n) is 5.47. The van der Waals surface area contributed by atoms with Gasteiger partial charge >= 0.3 is 6.18 Å². The molecule has 120 valence electrons. The molecule has 0 aliphatic heterocycles. The summed E-state index contributed by atoms with van der Waals surface area (Å²) in [6, 6.07) is 1.48. The van der Waals surface area contributed by atoms with Gasteiger partial charge in [0.25, 0.3) is 0 Å². The average molecular weight is 438 g/mol. The number of nitrogens with zero attached hydrogens (tertiary/aromatic N) is 2. The van der Waals surface area contributed by atoms with Crippen LogP contribution in [0, 0.1) is 0 Å². The molecule has 0 saturated heterocycles. The summed E-state index contributed by atoms with van der Waals surface area (Å²) >= 11 is 12.7. The minimum atomic E-state index is -4.57. The highest BCUT2D eigenvalue weighted by atomic mass is 79.9. The van der Waals surface area contributed by atoms with Gasteiger partial charge in [-0.2, -0.15) is 18.3 Å². The maximum Gasteiger partial charge on any atom is 0.416 e. The molecule has 0 bridgehead atoms. The van der Waals surface area contributed by atoms with Crippen molar-refractivity contribution in [2.24, 2.45) is 0 Å². The van der Waals surface area contributed by atoms with Crippen LogP contribution in [0.4, 0.5) is 13.2 Å². The molecule has 2 aromatic rings. The Kier molecular flexibility index (Phi) is 5.23. The Labute approximate surface area is 143 Å². The van der Waals surface area contributed by atoms with Gasteiger partial charge in [-0.05, 0) is 28.1 Å². The second-order valence-electron chi connectivity index (χ2n) is 4.14. The third-order valence-electron chi connectivity index (χ3n) is 2.59. The second-order valence-corrected chi connectivity index (χ2v) is 6.64. The molecule has 0 aliphatic carbocycles. The Morgan fingerprint density at radius 1 is 1.32 bits per heavy atom. The third-order valence-corrected chi connectivity index (χ3v) is 4.39. The van der Waals surface area contributed by atoms with Gasteiger partial charge in [0.15, 0.2) is 11.1 Å². The van der Waals surface area contributed by atoms with Crippen molar-refractivity contribution < 1.29 is 21.9 Å². The van der Waals surface area contributed by atoms with Crippen molar-refractivity contribution in [1.82, 2.24) is 9.78 Å². The Balaban J connectivity index is 2.52. The molecule has 2 rings (SSSR count). The highest BCUT2D eigenvalue weighted by Gasteiger charge is 2.32. The number of benzene rings is 1. The van der Waals surface area contributed by atoms with E-state index in [4.69, 9.17) is 27.8 Å². The minimum absolute atomic E-state index is 0.0482. The van der Waals surface area contributed by atoms with Gasteiger partial charge < -0.3 is 4.55 Å². The normalized spacial score (nSPS) is 13.4. The van der Waals surface area contributed by atoms with Gasteiger partial charge in [0, 0.05) is 11.8 Å². The van der Waals surface area contributed by atoms with Gasteiger partial charge in [0.1, 0.15) is 10.3 Å². The van der Waals surface area contributed by atoms with E-state index in [1.54, 1.807) is 0 Å².